The third-order valence-electron chi connectivity index (χ3n) is 5.64. The smallest absolute Gasteiger partial charge is 0.272 e. The maximum absolute atomic E-state index is 14.5. The number of hydrazine groups is 1. The van der Waals surface area contributed by atoms with Gasteiger partial charge in [-0.3, -0.25) is 20.4 Å². The summed E-state index contributed by atoms with van der Waals surface area (Å²) in [6.07, 6.45) is 7.61. The highest BCUT2D eigenvalue weighted by Gasteiger charge is 2.30. The van der Waals surface area contributed by atoms with Crippen molar-refractivity contribution in [2.24, 2.45) is 0 Å². The minimum absolute atomic E-state index is 0.227. The first-order valence-corrected chi connectivity index (χ1v) is 10.6. The Kier molecular flexibility index (Phi) is 5.40. The number of carbonyl (C=O) groups is 2. The summed E-state index contributed by atoms with van der Waals surface area (Å²) in [5, 5.41) is 8.50. The van der Waals surface area contributed by atoms with Crippen molar-refractivity contribution in [3.05, 3.63) is 71.8 Å². The molecule has 1 unspecified atom stereocenters. The van der Waals surface area contributed by atoms with Crippen molar-refractivity contribution in [1.82, 2.24) is 35.2 Å². The first-order valence-electron chi connectivity index (χ1n) is 10.6. The van der Waals surface area contributed by atoms with Crippen LogP contribution in [-0.4, -0.2) is 42.7 Å². The fourth-order valence-electron chi connectivity index (χ4n) is 4.09. The summed E-state index contributed by atoms with van der Waals surface area (Å²) in [5.74, 6) is -1.27. The second kappa shape index (κ2) is 8.54. The maximum atomic E-state index is 14.5. The van der Waals surface area contributed by atoms with Crippen molar-refractivity contribution >= 4 is 23.3 Å². The molecule has 1 aliphatic rings. The molecule has 0 radical (unpaired) electrons. The molecule has 2 amide bonds. The van der Waals surface area contributed by atoms with E-state index in [9.17, 15) is 18.4 Å². The van der Waals surface area contributed by atoms with Crippen LogP contribution in [0.5, 0.6) is 0 Å². The summed E-state index contributed by atoms with van der Waals surface area (Å²) < 4.78 is 31.3. The van der Waals surface area contributed by atoms with E-state index in [-0.39, 0.29) is 11.6 Å². The lowest BCUT2D eigenvalue weighted by atomic mass is 10.0. The average Bonchev–Trinajstić information content (AvgIpc) is 3.57. The van der Waals surface area contributed by atoms with Gasteiger partial charge in [0, 0.05) is 31.4 Å². The molecule has 0 saturated carbocycles. The summed E-state index contributed by atoms with van der Waals surface area (Å²) >= 11 is 0. The molecule has 12 heteroatoms. The highest BCUT2D eigenvalue weighted by molar-refractivity contribution is 5.94. The number of aromatic nitrogens is 5. The van der Waals surface area contributed by atoms with Gasteiger partial charge in [-0.05, 0) is 37.1 Å². The lowest BCUT2D eigenvalue weighted by molar-refractivity contribution is -0.119. The number of fused-ring (bicyclic) bond motifs is 1. The minimum atomic E-state index is -0.524. The molecule has 0 bridgehead atoms. The van der Waals surface area contributed by atoms with Crippen LogP contribution in [0.1, 0.15) is 41.7 Å². The van der Waals surface area contributed by atoms with Gasteiger partial charge in [0.2, 0.25) is 5.91 Å². The van der Waals surface area contributed by atoms with Crippen LogP contribution < -0.4 is 15.8 Å². The number of anilines is 1. The summed E-state index contributed by atoms with van der Waals surface area (Å²) in [4.78, 5) is 29.8. The van der Waals surface area contributed by atoms with Crippen molar-refractivity contribution in [3.63, 3.8) is 0 Å². The van der Waals surface area contributed by atoms with Gasteiger partial charge in [0.15, 0.2) is 5.65 Å². The van der Waals surface area contributed by atoms with E-state index in [4.69, 9.17) is 4.98 Å². The van der Waals surface area contributed by atoms with Gasteiger partial charge in [-0.2, -0.15) is 10.2 Å². The Bertz CT molecular complexity index is 1400. The van der Waals surface area contributed by atoms with Gasteiger partial charge in [-0.25, -0.2) is 23.0 Å². The molecule has 10 nitrogen and oxygen atoms in total. The highest BCUT2D eigenvalue weighted by Crippen LogP contribution is 2.37. The Morgan fingerprint density at radius 1 is 1.12 bits per heavy atom. The number of carbonyl (C=O) groups excluding carboxylic acids is 2. The van der Waals surface area contributed by atoms with E-state index in [2.05, 4.69) is 21.0 Å². The van der Waals surface area contributed by atoms with Crippen LogP contribution in [0.15, 0.2) is 49.1 Å². The van der Waals surface area contributed by atoms with Gasteiger partial charge in [0.25, 0.3) is 5.91 Å². The molecule has 174 valence electrons. The Balaban J connectivity index is 1.46. The van der Waals surface area contributed by atoms with E-state index in [1.807, 2.05) is 4.90 Å². The predicted octanol–water partition coefficient (Wildman–Crippen LogP) is 2.32. The Morgan fingerprint density at radius 2 is 1.97 bits per heavy atom. The lowest BCUT2D eigenvalue weighted by Crippen LogP contribution is -2.40. The molecule has 1 aromatic carbocycles. The van der Waals surface area contributed by atoms with Gasteiger partial charge in [-0.1, -0.05) is 0 Å². The Morgan fingerprint density at radius 3 is 2.79 bits per heavy atom. The van der Waals surface area contributed by atoms with Crippen LogP contribution in [0, 0.1) is 11.6 Å². The van der Waals surface area contributed by atoms with E-state index in [0.29, 0.717) is 35.7 Å². The topological polar surface area (TPSA) is 109 Å². The van der Waals surface area contributed by atoms with Crippen LogP contribution in [0.3, 0.4) is 0 Å². The van der Waals surface area contributed by atoms with Crippen molar-refractivity contribution < 1.29 is 18.4 Å². The second-order valence-electron chi connectivity index (χ2n) is 7.91. The van der Waals surface area contributed by atoms with E-state index < -0.39 is 23.4 Å². The van der Waals surface area contributed by atoms with Gasteiger partial charge in [0.1, 0.15) is 23.1 Å². The summed E-state index contributed by atoms with van der Waals surface area (Å²) in [6.45, 7) is 1.92. The molecule has 1 atom stereocenters. The van der Waals surface area contributed by atoms with Crippen molar-refractivity contribution in [2.75, 3.05) is 11.4 Å². The molecule has 1 aliphatic heterocycles. The molecule has 1 saturated heterocycles. The predicted molar refractivity (Wildman–Crippen MR) is 117 cm³/mol. The number of benzene rings is 1. The third-order valence-corrected chi connectivity index (χ3v) is 5.64. The van der Waals surface area contributed by atoms with E-state index in [0.717, 1.165) is 18.6 Å². The molecule has 4 heterocycles. The number of hydrogen-bond acceptors (Lipinski definition) is 6. The number of amides is 2. The van der Waals surface area contributed by atoms with Crippen LogP contribution >= 0.6 is 0 Å². The van der Waals surface area contributed by atoms with Crippen molar-refractivity contribution in [3.8, 4) is 5.69 Å². The Hall–Kier alpha value is -4.35. The quantitative estimate of drug-likeness (QED) is 0.447. The van der Waals surface area contributed by atoms with E-state index >= 15 is 0 Å². The molecule has 0 aliphatic carbocycles. The summed E-state index contributed by atoms with van der Waals surface area (Å²) in [7, 11) is 0. The lowest BCUT2D eigenvalue weighted by Gasteiger charge is -2.26. The monoisotopic (exact) mass is 466 g/mol. The molecule has 0 spiro atoms. The maximum Gasteiger partial charge on any atom is 0.272 e. The van der Waals surface area contributed by atoms with E-state index in [1.165, 1.54) is 30.1 Å². The highest BCUT2D eigenvalue weighted by atomic mass is 19.1. The van der Waals surface area contributed by atoms with Crippen LogP contribution in [0.4, 0.5) is 14.6 Å². The van der Waals surface area contributed by atoms with E-state index in [1.54, 1.807) is 23.0 Å². The largest absolute Gasteiger partial charge is 0.349 e. The molecule has 4 aromatic rings. The molecule has 1 fully saturated rings. The van der Waals surface area contributed by atoms with Gasteiger partial charge < -0.3 is 4.90 Å². The summed E-state index contributed by atoms with van der Waals surface area (Å²) in [6, 6.07) is 4.92. The number of nitrogens with one attached hydrogen (secondary N) is 2. The molecular weight excluding hydrogens is 446 g/mol. The zero-order valence-electron chi connectivity index (χ0n) is 18.1. The molecular formula is C22H20F2N8O2. The minimum Gasteiger partial charge on any atom is -0.349 e. The molecule has 34 heavy (non-hydrogen) atoms. The SMILES string of the molecule is CC(=O)NNC(=O)c1cnn(-c2cnn3ccc(N4CCCC4c4cc(F)ccc4F)nc23)c1. The number of halogens is 2. The normalized spacial score (nSPS) is 15.6. The summed E-state index contributed by atoms with van der Waals surface area (Å²) in [5.41, 5.74) is 6.02. The third kappa shape index (κ3) is 3.93. The van der Waals surface area contributed by atoms with Crippen LogP contribution in [-0.2, 0) is 4.79 Å². The van der Waals surface area contributed by atoms with Gasteiger partial charge in [-0.15, -0.1) is 0 Å². The Labute approximate surface area is 192 Å². The zero-order valence-corrected chi connectivity index (χ0v) is 18.1. The number of hydrogen-bond donors (Lipinski definition) is 2. The molecule has 5 rings (SSSR count). The number of rotatable bonds is 4. The van der Waals surface area contributed by atoms with Crippen molar-refractivity contribution in [1.29, 1.82) is 0 Å². The standard InChI is InChI=1S/C22H20F2N8O2/c1-13(33)28-29-22(34)14-10-25-32(12-14)19-11-26-31-8-6-20(27-21(19)31)30-7-2-3-18(30)16-9-15(23)4-5-17(16)24/h4-6,8-12,18H,2-3,7H2,1H3,(H,28,33)(H,29,34). The molecule has 3 aromatic heterocycles. The second-order valence-corrected chi connectivity index (χ2v) is 7.91. The first kappa shape index (κ1) is 21.5. The van der Waals surface area contributed by atoms with Crippen molar-refractivity contribution in [2.45, 2.75) is 25.8 Å². The first-order chi connectivity index (χ1) is 16.4. The van der Waals surface area contributed by atoms with Crippen LogP contribution in [0.25, 0.3) is 11.3 Å². The fourth-order valence-corrected chi connectivity index (χ4v) is 4.09. The zero-order chi connectivity index (χ0) is 23.8. The molecule has 2 N–H and O–H groups in total. The van der Waals surface area contributed by atoms with Gasteiger partial charge in [0.05, 0.1) is 24.0 Å². The fraction of sp³-hybridized carbons (Fsp3) is 0.227. The number of nitrogens with zero attached hydrogens (tertiary/aromatic N) is 6. The van der Waals surface area contributed by atoms with Gasteiger partial charge >= 0.3 is 0 Å². The van der Waals surface area contributed by atoms with Crippen LogP contribution in [0.2, 0.25) is 0 Å². The average molecular weight is 466 g/mol.